The highest BCUT2D eigenvalue weighted by Gasteiger charge is 2.50. The van der Waals surface area contributed by atoms with Crippen molar-refractivity contribution in [1.82, 2.24) is 5.32 Å². The minimum absolute atomic E-state index is 0.0420. The number of carboxylic acid groups (broad SMARTS) is 2. The number of allylic oxidation sites excluding steroid dienone is 1. The first kappa shape index (κ1) is 20.5. The fourth-order valence-electron chi connectivity index (χ4n) is 2.28. The molecule has 2 unspecified atom stereocenters. The summed E-state index contributed by atoms with van der Waals surface area (Å²) in [5.41, 5.74) is 5.52. The van der Waals surface area contributed by atoms with Crippen molar-refractivity contribution in [3.63, 3.8) is 0 Å². The van der Waals surface area contributed by atoms with Gasteiger partial charge in [0.2, 0.25) is 5.91 Å². The van der Waals surface area contributed by atoms with Gasteiger partial charge in [-0.1, -0.05) is 19.9 Å². The van der Waals surface area contributed by atoms with E-state index in [4.69, 9.17) is 15.9 Å². The molecule has 0 heterocycles. The molecule has 7 nitrogen and oxygen atoms in total. The number of thioether (sulfide) groups is 1. The van der Waals surface area contributed by atoms with Crippen LogP contribution in [0.3, 0.4) is 0 Å². The predicted molar refractivity (Wildman–Crippen MR) is 92.3 cm³/mol. The van der Waals surface area contributed by atoms with E-state index in [1.165, 1.54) is 17.8 Å². The van der Waals surface area contributed by atoms with E-state index < -0.39 is 17.3 Å². The van der Waals surface area contributed by atoms with E-state index in [2.05, 4.69) is 5.32 Å². The number of hydrogen-bond donors (Lipinski definition) is 4. The van der Waals surface area contributed by atoms with Crippen molar-refractivity contribution >= 4 is 29.6 Å². The van der Waals surface area contributed by atoms with Crippen molar-refractivity contribution in [2.45, 2.75) is 51.3 Å². The van der Waals surface area contributed by atoms with E-state index in [0.29, 0.717) is 12.2 Å². The van der Waals surface area contributed by atoms with Crippen LogP contribution in [0.15, 0.2) is 11.8 Å². The van der Waals surface area contributed by atoms with Gasteiger partial charge >= 0.3 is 11.9 Å². The summed E-state index contributed by atoms with van der Waals surface area (Å²) >= 11 is 1.38. The molecule has 1 aliphatic carbocycles. The number of carbonyl (C=O) groups excluding carboxylic acids is 1. The first-order valence-corrected chi connectivity index (χ1v) is 9.01. The maximum Gasteiger partial charge on any atom is 0.352 e. The van der Waals surface area contributed by atoms with Gasteiger partial charge in [-0.3, -0.25) is 9.59 Å². The van der Waals surface area contributed by atoms with Gasteiger partial charge in [0.1, 0.15) is 5.70 Å². The zero-order chi connectivity index (χ0) is 18.3. The number of carbonyl (C=O) groups is 3. The lowest BCUT2D eigenvalue weighted by atomic mass is 10.1. The molecule has 8 heteroatoms. The van der Waals surface area contributed by atoms with E-state index in [-0.39, 0.29) is 29.4 Å². The number of nitrogens with one attached hydrogen (secondary N) is 1. The van der Waals surface area contributed by atoms with Gasteiger partial charge in [0.05, 0.1) is 11.8 Å². The zero-order valence-electron chi connectivity index (χ0n) is 14.1. The Morgan fingerprint density at radius 2 is 1.96 bits per heavy atom. The highest BCUT2D eigenvalue weighted by molar-refractivity contribution is 7.99. The molecule has 0 aliphatic heterocycles. The van der Waals surface area contributed by atoms with Crippen molar-refractivity contribution in [3.05, 3.63) is 11.8 Å². The summed E-state index contributed by atoms with van der Waals surface area (Å²) in [4.78, 5) is 33.6. The molecule has 2 atom stereocenters. The number of nitrogens with two attached hydrogens (primary N) is 1. The van der Waals surface area contributed by atoms with E-state index in [0.717, 1.165) is 19.3 Å². The summed E-state index contributed by atoms with van der Waals surface area (Å²) in [6, 6.07) is 0. The first-order valence-electron chi connectivity index (χ1n) is 7.97. The molecular formula is C16H26N2O5S. The maximum absolute atomic E-state index is 12.0. The van der Waals surface area contributed by atoms with Gasteiger partial charge in [-0.05, 0) is 36.9 Å². The lowest BCUT2D eigenvalue weighted by Gasteiger charge is -2.08. The highest BCUT2D eigenvalue weighted by atomic mass is 32.2. The molecule has 0 aromatic rings. The quantitative estimate of drug-likeness (QED) is 0.252. The Balaban J connectivity index is 2.28. The van der Waals surface area contributed by atoms with Gasteiger partial charge in [0.25, 0.3) is 0 Å². The first-order chi connectivity index (χ1) is 11.1. The summed E-state index contributed by atoms with van der Waals surface area (Å²) in [5.74, 6) is -1.69. The molecule has 1 aliphatic rings. The third-order valence-corrected chi connectivity index (χ3v) is 5.09. The van der Waals surface area contributed by atoms with Crippen molar-refractivity contribution in [2.75, 3.05) is 5.75 Å². The lowest BCUT2D eigenvalue weighted by Crippen LogP contribution is -2.29. The molecular weight excluding hydrogens is 332 g/mol. The summed E-state index contributed by atoms with van der Waals surface area (Å²) in [6.45, 7) is 3.96. The van der Waals surface area contributed by atoms with E-state index in [1.54, 1.807) is 0 Å². The van der Waals surface area contributed by atoms with Gasteiger partial charge in [0, 0.05) is 5.92 Å². The number of unbranched alkanes of at least 4 members (excludes halogenated alkanes) is 2. The highest BCUT2D eigenvalue weighted by Crippen LogP contribution is 2.51. The molecule has 1 saturated carbocycles. The Hall–Kier alpha value is -1.54. The van der Waals surface area contributed by atoms with Crippen LogP contribution in [0.4, 0.5) is 0 Å². The topological polar surface area (TPSA) is 130 Å². The molecule has 136 valence electrons. The number of amides is 1. The standard InChI is InChI=1S/C16H26N2O5S/c1-16(2)9-10(16)14(21)18-11(15(22)23)6-4-3-5-7-24-12(17)8-13(19)20/h6,10,12H,3-5,7-9,17H2,1-2H3,(H,18,21)(H,19,20)(H,22,23). The van der Waals surface area contributed by atoms with Crippen LogP contribution in [0.1, 0.15) is 46.0 Å². The molecule has 0 bridgehead atoms. The molecule has 0 aromatic carbocycles. The minimum Gasteiger partial charge on any atom is -0.481 e. The van der Waals surface area contributed by atoms with Crippen LogP contribution in [0.2, 0.25) is 0 Å². The van der Waals surface area contributed by atoms with Crippen LogP contribution < -0.4 is 11.1 Å². The van der Waals surface area contributed by atoms with Crippen LogP contribution in [-0.4, -0.2) is 39.2 Å². The van der Waals surface area contributed by atoms with Gasteiger partial charge in [-0.25, -0.2) is 4.79 Å². The van der Waals surface area contributed by atoms with Crippen molar-refractivity contribution in [3.8, 4) is 0 Å². The summed E-state index contributed by atoms with van der Waals surface area (Å²) < 4.78 is 0. The second-order valence-corrected chi connectivity index (χ2v) is 8.01. The fourth-order valence-corrected chi connectivity index (χ4v) is 3.22. The van der Waals surface area contributed by atoms with Crippen LogP contribution in [0.5, 0.6) is 0 Å². The summed E-state index contributed by atoms with van der Waals surface area (Å²) in [5, 5.41) is 19.8. The molecule has 0 spiro atoms. The number of rotatable bonds is 11. The third-order valence-electron chi connectivity index (χ3n) is 3.97. The summed E-state index contributed by atoms with van der Waals surface area (Å²) in [6.07, 6.45) is 4.30. The normalized spacial score (nSPS) is 20.3. The monoisotopic (exact) mass is 358 g/mol. The Morgan fingerprint density at radius 1 is 1.33 bits per heavy atom. The molecule has 0 saturated heterocycles. The maximum atomic E-state index is 12.0. The van der Waals surface area contributed by atoms with Crippen LogP contribution in [-0.2, 0) is 14.4 Å². The Labute approximate surface area is 146 Å². The number of hydrogen-bond acceptors (Lipinski definition) is 5. The molecule has 0 aromatic heterocycles. The van der Waals surface area contributed by atoms with Crippen molar-refractivity contribution in [2.24, 2.45) is 17.1 Å². The van der Waals surface area contributed by atoms with Gasteiger partial charge in [-0.15, -0.1) is 11.8 Å². The molecule has 1 amide bonds. The average molecular weight is 358 g/mol. The second-order valence-electron chi connectivity index (χ2n) is 6.66. The van der Waals surface area contributed by atoms with E-state index >= 15 is 0 Å². The minimum atomic E-state index is -1.14. The second kappa shape index (κ2) is 9.08. The molecule has 5 N–H and O–H groups in total. The lowest BCUT2D eigenvalue weighted by molar-refractivity contribution is -0.137. The Kier molecular flexibility index (Phi) is 7.75. The van der Waals surface area contributed by atoms with Crippen molar-refractivity contribution in [1.29, 1.82) is 0 Å². The third kappa shape index (κ3) is 7.35. The van der Waals surface area contributed by atoms with Crippen LogP contribution >= 0.6 is 11.8 Å². The van der Waals surface area contributed by atoms with Crippen LogP contribution in [0.25, 0.3) is 0 Å². The SMILES string of the molecule is CC1(C)CC1C(=O)NC(=CCCCCSC(N)CC(=O)O)C(=O)O. The Bertz CT molecular complexity index is 519. The smallest absolute Gasteiger partial charge is 0.352 e. The number of aliphatic carboxylic acids is 2. The summed E-state index contributed by atoms with van der Waals surface area (Å²) in [7, 11) is 0. The zero-order valence-corrected chi connectivity index (χ0v) is 14.9. The molecule has 24 heavy (non-hydrogen) atoms. The predicted octanol–water partition coefficient (Wildman–Crippen LogP) is 1.78. The van der Waals surface area contributed by atoms with E-state index in [1.807, 2.05) is 13.8 Å². The van der Waals surface area contributed by atoms with Gasteiger partial charge < -0.3 is 21.3 Å². The Morgan fingerprint density at radius 3 is 2.46 bits per heavy atom. The molecule has 1 fully saturated rings. The van der Waals surface area contributed by atoms with Crippen LogP contribution in [0, 0.1) is 11.3 Å². The number of carboxylic acids is 2. The average Bonchev–Trinajstić information content (AvgIpc) is 3.09. The molecule has 1 rings (SSSR count). The molecule has 0 radical (unpaired) electrons. The fraction of sp³-hybridized carbons (Fsp3) is 0.688. The van der Waals surface area contributed by atoms with Crippen molar-refractivity contribution < 1.29 is 24.6 Å². The van der Waals surface area contributed by atoms with E-state index in [9.17, 15) is 14.4 Å². The van der Waals surface area contributed by atoms with Gasteiger partial charge in [0.15, 0.2) is 0 Å². The largest absolute Gasteiger partial charge is 0.481 e. The van der Waals surface area contributed by atoms with Gasteiger partial charge in [-0.2, -0.15) is 0 Å².